The van der Waals surface area contributed by atoms with Crippen molar-refractivity contribution < 1.29 is 10.2 Å². The molecule has 0 amide bonds. The SMILES string of the molecule is CC(O)c1ccc(Br)cc1N(C)CCO. The quantitative estimate of drug-likeness (QED) is 0.881. The van der Waals surface area contributed by atoms with Crippen molar-refractivity contribution in [2.75, 3.05) is 25.1 Å². The lowest BCUT2D eigenvalue weighted by molar-refractivity contribution is 0.199. The number of likely N-dealkylation sites (N-methyl/N-ethyl adjacent to an activating group) is 1. The predicted octanol–water partition coefficient (Wildman–Crippen LogP) is 1.93. The minimum absolute atomic E-state index is 0.0995. The normalized spacial score (nSPS) is 12.6. The van der Waals surface area contributed by atoms with Crippen LogP contribution in [-0.2, 0) is 0 Å². The van der Waals surface area contributed by atoms with Crippen LogP contribution in [0.15, 0.2) is 22.7 Å². The number of hydrogen-bond acceptors (Lipinski definition) is 3. The van der Waals surface area contributed by atoms with Gasteiger partial charge in [0, 0.05) is 29.3 Å². The van der Waals surface area contributed by atoms with Gasteiger partial charge in [-0.15, -0.1) is 0 Å². The summed E-state index contributed by atoms with van der Waals surface area (Å²) in [4.78, 5) is 1.92. The smallest absolute Gasteiger partial charge is 0.0782 e. The van der Waals surface area contributed by atoms with Crippen LogP contribution in [0.1, 0.15) is 18.6 Å². The Labute approximate surface area is 98.5 Å². The summed E-state index contributed by atoms with van der Waals surface area (Å²) in [6.07, 6.45) is -0.505. The number of rotatable bonds is 4. The molecule has 15 heavy (non-hydrogen) atoms. The summed E-state index contributed by atoms with van der Waals surface area (Å²) in [5.41, 5.74) is 1.81. The van der Waals surface area contributed by atoms with E-state index in [4.69, 9.17) is 5.11 Å². The molecule has 0 aromatic heterocycles. The van der Waals surface area contributed by atoms with E-state index >= 15 is 0 Å². The number of anilines is 1. The molecule has 0 saturated carbocycles. The van der Waals surface area contributed by atoms with Crippen LogP contribution >= 0.6 is 15.9 Å². The van der Waals surface area contributed by atoms with Gasteiger partial charge in [0.25, 0.3) is 0 Å². The molecule has 0 heterocycles. The Morgan fingerprint density at radius 1 is 1.47 bits per heavy atom. The maximum Gasteiger partial charge on any atom is 0.0782 e. The van der Waals surface area contributed by atoms with Gasteiger partial charge in [-0.2, -0.15) is 0 Å². The van der Waals surface area contributed by atoms with Crippen LogP contribution in [-0.4, -0.2) is 30.4 Å². The molecule has 0 saturated heterocycles. The highest BCUT2D eigenvalue weighted by atomic mass is 79.9. The highest BCUT2D eigenvalue weighted by Gasteiger charge is 2.11. The summed E-state index contributed by atoms with van der Waals surface area (Å²) in [6, 6.07) is 5.73. The van der Waals surface area contributed by atoms with E-state index in [1.54, 1.807) is 6.92 Å². The second-order valence-electron chi connectivity index (χ2n) is 3.52. The van der Waals surface area contributed by atoms with Gasteiger partial charge in [-0.3, -0.25) is 0 Å². The van der Waals surface area contributed by atoms with Gasteiger partial charge in [-0.05, 0) is 19.1 Å². The molecule has 1 rings (SSSR count). The van der Waals surface area contributed by atoms with Crippen molar-refractivity contribution in [2.24, 2.45) is 0 Å². The van der Waals surface area contributed by atoms with Crippen LogP contribution < -0.4 is 4.90 Å². The van der Waals surface area contributed by atoms with E-state index < -0.39 is 6.10 Å². The molecule has 3 nitrogen and oxygen atoms in total. The molecule has 0 bridgehead atoms. The largest absolute Gasteiger partial charge is 0.395 e. The maximum absolute atomic E-state index is 9.61. The number of aliphatic hydroxyl groups excluding tert-OH is 2. The zero-order chi connectivity index (χ0) is 11.4. The zero-order valence-electron chi connectivity index (χ0n) is 8.94. The fourth-order valence-electron chi connectivity index (χ4n) is 1.47. The standard InChI is InChI=1S/C11H16BrNO2/c1-8(15)10-4-3-9(12)7-11(10)13(2)5-6-14/h3-4,7-8,14-15H,5-6H2,1-2H3. The van der Waals surface area contributed by atoms with E-state index in [2.05, 4.69) is 15.9 Å². The molecule has 0 aliphatic heterocycles. The third-order valence-corrected chi connectivity index (χ3v) is 2.78. The average molecular weight is 274 g/mol. The fourth-order valence-corrected chi connectivity index (χ4v) is 1.82. The minimum atomic E-state index is -0.505. The number of aliphatic hydroxyl groups is 2. The van der Waals surface area contributed by atoms with Crippen LogP contribution in [0.2, 0.25) is 0 Å². The van der Waals surface area contributed by atoms with Gasteiger partial charge >= 0.3 is 0 Å². The van der Waals surface area contributed by atoms with Gasteiger partial charge in [0.1, 0.15) is 0 Å². The van der Waals surface area contributed by atoms with Crippen molar-refractivity contribution in [3.63, 3.8) is 0 Å². The molecule has 1 atom stereocenters. The molecule has 1 aromatic rings. The Hall–Kier alpha value is -0.580. The third-order valence-electron chi connectivity index (χ3n) is 2.29. The van der Waals surface area contributed by atoms with Crippen LogP contribution in [0.4, 0.5) is 5.69 Å². The summed E-state index contributed by atoms with van der Waals surface area (Å²) in [6.45, 7) is 2.39. The second-order valence-corrected chi connectivity index (χ2v) is 4.44. The Morgan fingerprint density at radius 2 is 2.13 bits per heavy atom. The molecular weight excluding hydrogens is 258 g/mol. The number of nitrogens with zero attached hydrogens (tertiary/aromatic N) is 1. The number of benzene rings is 1. The molecule has 0 aliphatic rings. The maximum atomic E-state index is 9.61. The van der Waals surface area contributed by atoms with E-state index in [-0.39, 0.29) is 6.61 Å². The van der Waals surface area contributed by atoms with Gasteiger partial charge < -0.3 is 15.1 Å². The van der Waals surface area contributed by atoms with Crippen molar-refractivity contribution in [3.8, 4) is 0 Å². The molecular formula is C11H16BrNO2. The van der Waals surface area contributed by atoms with Crippen molar-refractivity contribution in [3.05, 3.63) is 28.2 Å². The van der Waals surface area contributed by atoms with Crippen molar-refractivity contribution >= 4 is 21.6 Å². The van der Waals surface area contributed by atoms with Crippen molar-refractivity contribution in [1.29, 1.82) is 0 Å². The van der Waals surface area contributed by atoms with E-state index in [1.165, 1.54) is 0 Å². The third kappa shape index (κ3) is 3.19. The molecule has 0 radical (unpaired) electrons. The summed E-state index contributed by atoms with van der Waals surface area (Å²) in [5, 5.41) is 18.5. The highest BCUT2D eigenvalue weighted by Crippen LogP contribution is 2.28. The summed E-state index contributed by atoms with van der Waals surface area (Å²) < 4.78 is 0.965. The predicted molar refractivity (Wildman–Crippen MR) is 65.1 cm³/mol. The lowest BCUT2D eigenvalue weighted by atomic mass is 10.1. The number of hydrogen-bond donors (Lipinski definition) is 2. The molecule has 0 fully saturated rings. The monoisotopic (exact) mass is 273 g/mol. The van der Waals surface area contributed by atoms with Crippen molar-refractivity contribution in [2.45, 2.75) is 13.0 Å². The zero-order valence-corrected chi connectivity index (χ0v) is 10.5. The summed E-state index contributed by atoms with van der Waals surface area (Å²) in [5.74, 6) is 0. The van der Waals surface area contributed by atoms with Crippen molar-refractivity contribution in [1.82, 2.24) is 0 Å². The molecule has 2 N–H and O–H groups in total. The molecule has 1 unspecified atom stereocenters. The number of halogens is 1. The Kier molecular flexibility index (Phi) is 4.57. The topological polar surface area (TPSA) is 43.7 Å². The minimum Gasteiger partial charge on any atom is -0.395 e. The highest BCUT2D eigenvalue weighted by molar-refractivity contribution is 9.10. The van der Waals surface area contributed by atoms with E-state index in [9.17, 15) is 5.11 Å². The fraction of sp³-hybridized carbons (Fsp3) is 0.455. The van der Waals surface area contributed by atoms with Gasteiger partial charge in [0.05, 0.1) is 12.7 Å². The van der Waals surface area contributed by atoms with Gasteiger partial charge in [-0.1, -0.05) is 22.0 Å². The molecule has 0 spiro atoms. The summed E-state index contributed by atoms with van der Waals surface area (Å²) in [7, 11) is 1.89. The first-order valence-corrected chi connectivity index (χ1v) is 5.65. The van der Waals surface area contributed by atoms with Crippen LogP contribution in [0.25, 0.3) is 0 Å². The van der Waals surface area contributed by atoms with Crippen LogP contribution in [0, 0.1) is 0 Å². The van der Waals surface area contributed by atoms with Crippen LogP contribution in [0.5, 0.6) is 0 Å². The Balaban J connectivity index is 3.06. The molecule has 4 heteroatoms. The molecule has 1 aromatic carbocycles. The van der Waals surface area contributed by atoms with E-state index in [0.717, 1.165) is 15.7 Å². The van der Waals surface area contributed by atoms with E-state index in [0.29, 0.717) is 6.54 Å². The molecule has 84 valence electrons. The van der Waals surface area contributed by atoms with E-state index in [1.807, 2.05) is 30.1 Å². The first-order valence-electron chi connectivity index (χ1n) is 4.85. The first-order chi connectivity index (χ1) is 7.06. The van der Waals surface area contributed by atoms with Gasteiger partial charge in [0.15, 0.2) is 0 Å². The lowest BCUT2D eigenvalue weighted by Crippen LogP contribution is -2.22. The lowest BCUT2D eigenvalue weighted by Gasteiger charge is -2.23. The summed E-state index contributed by atoms with van der Waals surface area (Å²) >= 11 is 3.39. The average Bonchev–Trinajstić information content (AvgIpc) is 2.17. The first kappa shape index (κ1) is 12.5. The molecule has 0 aliphatic carbocycles. The Bertz CT molecular complexity index is 328. The van der Waals surface area contributed by atoms with Gasteiger partial charge in [0.2, 0.25) is 0 Å². The van der Waals surface area contributed by atoms with Crippen LogP contribution in [0.3, 0.4) is 0 Å². The Morgan fingerprint density at radius 3 is 2.67 bits per heavy atom. The van der Waals surface area contributed by atoms with Gasteiger partial charge in [-0.25, -0.2) is 0 Å². The second kappa shape index (κ2) is 5.49.